The van der Waals surface area contributed by atoms with E-state index in [0.717, 1.165) is 17.3 Å². The number of hydrogen-bond donors (Lipinski definition) is 3. The van der Waals surface area contributed by atoms with Crippen LogP contribution in [-0.2, 0) is 11.4 Å². The van der Waals surface area contributed by atoms with E-state index in [1.165, 1.54) is 0 Å². The minimum atomic E-state index is -0.536. The van der Waals surface area contributed by atoms with Gasteiger partial charge < -0.3 is 10.1 Å². The third-order valence-corrected chi connectivity index (χ3v) is 4.71. The Labute approximate surface area is 166 Å². The van der Waals surface area contributed by atoms with E-state index in [0.29, 0.717) is 21.8 Å². The summed E-state index contributed by atoms with van der Waals surface area (Å²) in [6.45, 7) is 7.39. The number of aromatic amines is 1. The minimum Gasteiger partial charge on any atom is -0.486 e. The van der Waals surface area contributed by atoms with Crippen LogP contribution in [0.5, 0.6) is 5.75 Å². The van der Waals surface area contributed by atoms with Crippen LogP contribution < -0.4 is 15.4 Å². The second-order valence-electron chi connectivity index (χ2n) is 6.14. The molecule has 10 heteroatoms. The number of amides is 3. The van der Waals surface area contributed by atoms with Gasteiger partial charge in [0.15, 0.2) is 5.82 Å². The smallest absolute Gasteiger partial charge is 0.321 e. The zero-order valence-corrected chi connectivity index (χ0v) is 17.1. The summed E-state index contributed by atoms with van der Waals surface area (Å²) in [5.74, 6) is 0.777. The zero-order chi connectivity index (χ0) is 20.0. The molecule has 1 aromatic carbocycles. The Morgan fingerprint density at radius 2 is 2.07 bits per heavy atom. The van der Waals surface area contributed by atoms with Crippen molar-refractivity contribution in [1.82, 2.24) is 25.8 Å². The number of imide groups is 1. The number of aromatic nitrogens is 3. The molecule has 0 aliphatic rings. The molecule has 0 aliphatic carbocycles. The van der Waals surface area contributed by atoms with Crippen LogP contribution in [0, 0.1) is 6.92 Å². The van der Waals surface area contributed by atoms with Crippen LogP contribution in [0.15, 0.2) is 23.4 Å². The first-order valence-electron chi connectivity index (χ1n) is 8.33. The molecule has 0 aliphatic heterocycles. The zero-order valence-electron chi connectivity index (χ0n) is 15.5. The highest BCUT2D eigenvalue weighted by Crippen LogP contribution is 2.22. The summed E-state index contributed by atoms with van der Waals surface area (Å²) in [5, 5.41) is 12.2. The van der Waals surface area contributed by atoms with E-state index in [2.05, 4.69) is 25.8 Å². The molecular formula is C17H22ClN5O3S. The molecule has 0 saturated heterocycles. The summed E-state index contributed by atoms with van der Waals surface area (Å²) in [5.41, 5.74) is 0.921. The maximum absolute atomic E-state index is 12.0. The highest BCUT2D eigenvalue weighted by Gasteiger charge is 2.19. The molecule has 1 heterocycles. The Balaban J connectivity index is 1.84. The van der Waals surface area contributed by atoms with E-state index in [9.17, 15) is 9.59 Å². The highest BCUT2D eigenvalue weighted by molar-refractivity contribution is 8.00. The van der Waals surface area contributed by atoms with Crippen LogP contribution in [0.2, 0.25) is 5.02 Å². The fourth-order valence-electron chi connectivity index (χ4n) is 1.98. The normalized spacial score (nSPS) is 11.9. The molecule has 0 bridgehead atoms. The number of benzene rings is 1. The van der Waals surface area contributed by atoms with Crippen molar-refractivity contribution in [3.8, 4) is 5.75 Å². The van der Waals surface area contributed by atoms with Gasteiger partial charge in [0.1, 0.15) is 12.4 Å². The predicted molar refractivity (Wildman–Crippen MR) is 104 cm³/mol. The second kappa shape index (κ2) is 9.61. The highest BCUT2D eigenvalue weighted by atomic mass is 35.5. The van der Waals surface area contributed by atoms with Crippen LogP contribution >= 0.6 is 23.4 Å². The van der Waals surface area contributed by atoms with Gasteiger partial charge in [0.25, 0.3) is 0 Å². The number of H-pyrrole nitrogens is 1. The number of nitrogens with one attached hydrogen (secondary N) is 3. The van der Waals surface area contributed by atoms with Gasteiger partial charge in [-0.25, -0.2) is 9.78 Å². The first kappa shape index (κ1) is 21.0. The molecule has 146 valence electrons. The lowest BCUT2D eigenvalue weighted by Crippen LogP contribution is -2.45. The molecule has 0 saturated carbocycles. The second-order valence-corrected chi connectivity index (χ2v) is 7.86. The van der Waals surface area contributed by atoms with Crippen molar-refractivity contribution in [2.75, 3.05) is 0 Å². The van der Waals surface area contributed by atoms with Gasteiger partial charge in [-0.1, -0.05) is 23.4 Å². The molecule has 2 rings (SSSR count). The van der Waals surface area contributed by atoms with Crippen molar-refractivity contribution in [2.45, 2.75) is 50.8 Å². The van der Waals surface area contributed by atoms with E-state index < -0.39 is 17.2 Å². The van der Waals surface area contributed by atoms with E-state index >= 15 is 0 Å². The van der Waals surface area contributed by atoms with Crippen molar-refractivity contribution in [3.05, 3.63) is 34.6 Å². The number of urea groups is 1. The fourth-order valence-corrected chi connectivity index (χ4v) is 2.84. The maximum atomic E-state index is 12.0. The van der Waals surface area contributed by atoms with Crippen molar-refractivity contribution in [3.63, 3.8) is 0 Å². The molecule has 3 amide bonds. The van der Waals surface area contributed by atoms with Crippen LogP contribution in [-0.4, -0.2) is 38.4 Å². The molecule has 1 atom stereocenters. The van der Waals surface area contributed by atoms with E-state index in [1.54, 1.807) is 19.1 Å². The number of thioether (sulfide) groups is 1. The average Bonchev–Trinajstić information content (AvgIpc) is 3.02. The van der Waals surface area contributed by atoms with E-state index in [4.69, 9.17) is 16.3 Å². The molecule has 27 heavy (non-hydrogen) atoms. The average molecular weight is 412 g/mol. The first-order valence-corrected chi connectivity index (χ1v) is 9.58. The lowest BCUT2D eigenvalue weighted by atomic mass is 10.2. The number of halogens is 1. The molecule has 2 aromatic rings. The van der Waals surface area contributed by atoms with Crippen molar-refractivity contribution in [2.24, 2.45) is 0 Å². The summed E-state index contributed by atoms with van der Waals surface area (Å²) in [4.78, 5) is 27.9. The minimum absolute atomic E-state index is 0.0549. The lowest BCUT2D eigenvalue weighted by Gasteiger charge is -2.11. The number of ether oxygens (including phenoxy) is 1. The Bertz CT molecular complexity index is 812. The van der Waals surface area contributed by atoms with Gasteiger partial charge in [-0.05, 0) is 51.5 Å². The van der Waals surface area contributed by atoms with Crippen LogP contribution in [0.3, 0.4) is 0 Å². The summed E-state index contributed by atoms with van der Waals surface area (Å²) in [6.07, 6.45) is 0. The van der Waals surface area contributed by atoms with E-state index in [1.807, 2.05) is 26.8 Å². The van der Waals surface area contributed by atoms with Gasteiger partial charge in [0, 0.05) is 11.1 Å². The molecule has 3 N–H and O–H groups in total. The lowest BCUT2D eigenvalue weighted by molar-refractivity contribution is -0.119. The third-order valence-electron chi connectivity index (χ3n) is 3.32. The van der Waals surface area contributed by atoms with Gasteiger partial charge >= 0.3 is 6.03 Å². The number of hydrogen-bond acceptors (Lipinski definition) is 6. The molecule has 8 nitrogen and oxygen atoms in total. The number of rotatable bonds is 7. The topological polar surface area (TPSA) is 109 Å². The van der Waals surface area contributed by atoms with Crippen LogP contribution in [0.1, 0.15) is 32.2 Å². The summed E-state index contributed by atoms with van der Waals surface area (Å²) in [6, 6.07) is 4.80. The van der Waals surface area contributed by atoms with Crippen molar-refractivity contribution < 1.29 is 14.3 Å². The summed E-state index contributed by atoms with van der Waals surface area (Å²) in [7, 11) is 0. The number of carbonyl (C=O) groups excluding carboxylic acids is 2. The first-order chi connectivity index (χ1) is 12.7. The SMILES string of the molecule is Cc1cc(OCc2nc(S[C@@H](C)C(=O)NC(=O)NC(C)C)n[nH]2)ccc1Cl. The maximum Gasteiger partial charge on any atom is 0.321 e. The monoisotopic (exact) mass is 411 g/mol. The van der Waals surface area contributed by atoms with Crippen LogP contribution in [0.25, 0.3) is 0 Å². The number of carbonyl (C=O) groups is 2. The molecule has 0 fully saturated rings. The van der Waals surface area contributed by atoms with Crippen molar-refractivity contribution in [1.29, 1.82) is 0 Å². The standard InChI is InChI=1S/C17H22ClN5O3S/c1-9(2)19-16(25)21-15(24)11(4)27-17-20-14(22-23-17)8-26-12-5-6-13(18)10(3)7-12/h5-7,9,11H,8H2,1-4H3,(H,20,22,23)(H2,19,21,24,25)/t11-/m0/s1. The van der Waals surface area contributed by atoms with Crippen molar-refractivity contribution >= 4 is 35.3 Å². The van der Waals surface area contributed by atoms with Gasteiger partial charge in [-0.3, -0.25) is 15.2 Å². The number of nitrogens with zero attached hydrogens (tertiary/aromatic N) is 2. The van der Waals surface area contributed by atoms with E-state index in [-0.39, 0.29) is 12.6 Å². The summed E-state index contributed by atoms with van der Waals surface area (Å²) < 4.78 is 5.65. The molecule has 1 aromatic heterocycles. The fraction of sp³-hybridized carbons (Fsp3) is 0.412. The molecule has 0 spiro atoms. The molecular weight excluding hydrogens is 390 g/mol. The van der Waals surface area contributed by atoms with Crippen LogP contribution in [0.4, 0.5) is 4.79 Å². The molecule has 0 radical (unpaired) electrons. The predicted octanol–water partition coefficient (Wildman–Crippen LogP) is 3.06. The number of aryl methyl sites for hydroxylation is 1. The largest absolute Gasteiger partial charge is 0.486 e. The van der Waals surface area contributed by atoms with Gasteiger partial charge in [-0.2, -0.15) is 0 Å². The van der Waals surface area contributed by atoms with Gasteiger partial charge in [0.05, 0.1) is 5.25 Å². The van der Waals surface area contributed by atoms with Gasteiger partial charge in [-0.15, -0.1) is 5.10 Å². The summed E-state index contributed by atoms with van der Waals surface area (Å²) >= 11 is 7.13. The Kier molecular flexibility index (Phi) is 7.49. The molecule has 0 unspecified atom stereocenters. The Hall–Kier alpha value is -2.26. The van der Waals surface area contributed by atoms with Gasteiger partial charge in [0.2, 0.25) is 11.1 Å². The Morgan fingerprint density at radius 1 is 1.33 bits per heavy atom. The third kappa shape index (κ3) is 6.76. The quantitative estimate of drug-likeness (QED) is 0.604. The Morgan fingerprint density at radius 3 is 2.74 bits per heavy atom.